The average molecular weight is 518 g/mol. The van der Waals surface area contributed by atoms with E-state index in [2.05, 4.69) is 20.2 Å². The van der Waals surface area contributed by atoms with Crippen LogP contribution in [0.1, 0.15) is 55.3 Å². The fraction of sp³-hybridized carbons (Fsp3) is 0.577. The quantitative estimate of drug-likeness (QED) is 0.453. The Kier molecular flexibility index (Phi) is 7.52. The fourth-order valence-corrected chi connectivity index (χ4v) is 6.10. The number of nitrogens with one attached hydrogen (secondary N) is 1. The molecule has 3 aromatic heterocycles. The molecule has 7 nitrogen and oxygen atoms in total. The van der Waals surface area contributed by atoms with Crippen LogP contribution >= 0.6 is 11.3 Å². The summed E-state index contributed by atoms with van der Waals surface area (Å²) in [4.78, 5) is 25.0. The van der Waals surface area contributed by atoms with Gasteiger partial charge in [0.05, 0.1) is 17.8 Å². The molecular formula is C26H33F2N5O2S. The van der Waals surface area contributed by atoms with Crippen LogP contribution in [0, 0.1) is 5.92 Å². The number of hydrogen-bond donors (Lipinski definition) is 1. The summed E-state index contributed by atoms with van der Waals surface area (Å²) in [6.45, 7) is 2.95. The van der Waals surface area contributed by atoms with E-state index in [0.29, 0.717) is 17.5 Å². The fourth-order valence-electron chi connectivity index (χ4n) is 5.19. The first-order chi connectivity index (χ1) is 17.3. The molecule has 4 heterocycles. The molecule has 3 aromatic rings. The van der Waals surface area contributed by atoms with Crippen molar-refractivity contribution in [2.24, 2.45) is 5.92 Å². The highest BCUT2D eigenvalue weighted by molar-refractivity contribution is 7.13. The Balaban J connectivity index is 1.02. The van der Waals surface area contributed by atoms with Gasteiger partial charge in [0.1, 0.15) is 5.65 Å². The van der Waals surface area contributed by atoms with Crippen LogP contribution in [-0.2, 0) is 24.2 Å². The van der Waals surface area contributed by atoms with E-state index >= 15 is 0 Å². The molecule has 1 aliphatic heterocycles. The molecule has 0 radical (unpaired) electrons. The zero-order valence-corrected chi connectivity index (χ0v) is 21.4. The first-order valence-electron chi connectivity index (χ1n) is 12.7. The molecule has 10 heteroatoms. The molecule has 0 spiro atoms. The van der Waals surface area contributed by atoms with Gasteiger partial charge in [0, 0.05) is 43.3 Å². The number of nitrogens with zero attached hydrogens (tertiary/aromatic N) is 4. The molecule has 1 saturated carbocycles. The maximum absolute atomic E-state index is 13.1. The van der Waals surface area contributed by atoms with E-state index in [-0.39, 0.29) is 11.9 Å². The minimum absolute atomic E-state index is 0.0579. The number of halogens is 2. The Hall–Kier alpha value is -2.59. The predicted octanol–water partition coefficient (Wildman–Crippen LogP) is 4.49. The van der Waals surface area contributed by atoms with Crippen molar-refractivity contribution in [3.05, 3.63) is 46.9 Å². The molecule has 1 aliphatic carbocycles. The van der Waals surface area contributed by atoms with Gasteiger partial charge in [-0.05, 0) is 63.1 Å². The zero-order valence-electron chi connectivity index (χ0n) is 20.6. The normalized spacial score (nSPS) is 20.9. The molecule has 0 bridgehead atoms. The third-order valence-corrected chi connectivity index (χ3v) is 8.21. The second kappa shape index (κ2) is 10.8. The van der Waals surface area contributed by atoms with Crippen molar-refractivity contribution in [3.8, 4) is 5.19 Å². The smallest absolute Gasteiger partial charge is 0.278 e. The lowest BCUT2D eigenvalue weighted by Gasteiger charge is -2.32. The van der Waals surface area contributed by atoms with Crippen molar-refractivity contribution < 1.29 is 18.3 Å². The maximum Gasteiger partial charge on any atom is 0.278 e. The summed E-state index contributed by atoms with van der Waals surface area (Å²) in [5, 5.41) is 3.58. The first kappa shape index (κ1) is 25.1. The SMILES string of the molecule is CC(F)(F)COc1nc2c(s1)CCN(CC[C@H]1CC[C@H](NC(=O)Cc3cnc4ccccn34)CC1)C2. The molecule has 5 rings (SSSR count). The monoisotopic (exact) mass is 517 g/mol. The molecular weight excluding hydrogens is 484 g/mol. The van der Waals surface area contributed by atoms with E-state index in [1.807, 2.05) is 28.8 Å². The number of fused-ring (bicyclic) bond motifs is 2. The van der Waals surface area contributed by atoms with Crippen molar-refractivity contribution in [2.75, 3.05) is 19.7 Å². The molecule has 1 amide bonds. The Morgan fingerprint density at radius 3 is 2.92 bits per heavy atom. The van der Waals surface area contributed by atoms with E-state index in [9.17, 15) is 13.6 Å². The highest BCUT2D eigenvalue weighted by atomic mass is 32.1. The van der Waals surface area contributed by atoms with Crippen molar-refractivity contribution in [2.45, 2.75) is 70.4 Å². The molecule has 0 saturated heterocycles. The van der Waals surface area contributed by atoms with Crippen molar-refractivity contribution >= 4 is 22.9 Å². The molecule has 194 valence electrons. The van der Waals surface area contributed by atoms with Crippen LogP contribution in [0.15, 0.2) is 30.6 Å². The molecule has 0 atom stereocenters. The van der Waals surface area contributed by atoms with Gasteiger partial charge in [0.25, 0.3) is 11.1 Å². The number of ether oxygens (including phenoxy) is 1. The van der Waals surface area contributed by atoms with Gasteiger partial charge in [0.15, 0.2) is 6.61 Å². The van der Waals surface area contributed by atoms with E-state index in [0.717, 1.165) is 87.0 Å². The molecule has 1 fully saturated rings. The summed E-state index contributed by atoms with van der Waals surface area (Å²) < 4.78 is 33.3. The highest BCUT2D eigenvalue weighted by Gasteiger charge is 2.27. The number of alkyl halides is 2. The highest BCUT2D eigenvalue weighted by Crippen LogP contribution is 2.32. The number of aromatic nitrogens is 3. The lowest BCUT2D eigenvalue weighted by atomic mass is 9.84. The summed E-state index contributed by atoms with van der Waals surface area (Å²) in [6.07, 6.45) is 10.4. The van der Waals surface area contributed by atoms with Crippen LogP contribution in [0.2, 0.25) is 0 Å². The van der Waals surface area contributed by atoms with Gasteiger partial charge in [-0.3, -0.25) is 9.69 Å². The van der Waals surface area contributed by atoms with Crippen LogP contribution in [0.25, 0.3) is 5.65 Å². The second-order valence-electron chi connectivity index (χ2n) is 10.2. The Morgan fingerprint density at radius 2 is 2.11 bits per heavy atom. The summed E-state index contributed by atoms with van der Waals surface area (Å²) in [7, 11) is 0. The van der Waals surface area contributed by atoms with Gasteiger partial charge in [-0.25, -0.2) is 18.7 Å². The number of amides is 1. The third kappa shape index (κ3) is 6.39. The molecule has 0 aromatic carbocycles. The lowest BCUT2D eigenvalue weighted by Crippen LogP contribution is -2.39. The molecule has 36 heavy (non-hydrogen) atoms. The van der Waals surface area contributed by atoms with Crippen LogP contribution in [0.5, 0.6) is 5.19 Å². The minimum atomic E-state index is -2.85. The van der Waals surface area contributed by atoms with Crippen LogP contribution in [-0.4, -0.2) is 56.8 Å². The van der Waals surface area contributed by atoms with E-state index in [1.165, 1.54) is 11.3 Å². The average Bonchev–Trinajstić information content (AvgIpc) is 3.45. The number of imidazole rings is 1. The molecule has 2 aliphatic rings. The number of carbonyl (C=O) groups is 1. The number of carbonyl (C=O) groups excluding carboxylic acids is 1. The number of thiazole rings is 1. The summed E-state index contributed by atoms with van der Waals surface area (Å²) in [5.74, 6) is -2.13. The standard InChI is InChI=1S/C26H33F2N5O2S/c1-26(27,28)17-35-25-31-21-16-32(13-10-22(21)36-25)12-9-18-5-7-19(8-6-18)30-24(34)14-20-15-29-23-4-2-3-11-33(20)23/h2-4,11,15,18-19H,5-10,12-14,16-17H2,1H3,(H,30,34)/t18-,19-. The van der Waals surface area contributed by atoms with Gasteiger partial charge in [-0.1, -0.05) is 17.4 Å². The summed E-state index contributed by atoms with van der Waals surface area (Å²) in [5.41, 5.74) is 2.73. The molecule has 1 N–H and O–H groups in total. The molecule has 0 unspecified atom stereocenters. The van der Waals surface area contributed by atoms with Gasteiger partial charge in [0.2, 0.25) is 5.91 Å². The Bertz CT molecular complexity index is 1180. The van der Waals surface area contributed by atoms with Crippen LogP contribution in [0.3, 0.4) is 0 Å². The van der Waals surface area contributed by atoms with E-state index in [4.69, 9.17) is 4.74 Å². The topological polar surface area (TPSA) is 71.8 Å². The number of pyridine rings is 1. The lowest BCUT2D eigenvalue weighted by molar-refractivity contribution is -0.121. The predicted molar refractivity (Wildman–Crippen MR) is 135 cm³/mol. The van der Waals surface area contributed by atoms with Crippen molar-refractivity contribution in [3.63, 3.8) is 0 Å². The second-order valence-corrected chi connectivity index (χ2v) is 11.2. The first-order valence-corrected chi connectivity index (χ1v) is 13.6. The van der Waals surface area contributed by atoms with Gasteiger partial charge >= 0.3 is 0 Å². The Morgan fingerprint density at radius 1 is 1.28 bits per heavy atom. The van der Waals surface area contributed by atoms with Crippen molar-refractivity contribution in [1.82, 2.24) is 24.6 Å². The third-order valence-electron chi connectivity index (χ3n) is 7.14. The number of hydrogen-bond acceptors (Lipinski definition) is 6. The van der Waals surface area contributed by atoms with Crippen molar-refractivity contribution in [1.29, 1.82) is 0 Å². The van der Waals surface area contributed by atoms with Crippen LogP contribution < -0.4 is 10.1 Å². The van der Waals surface area contributed by atoms with E-state index < -0.39 is 12.5 Å². The largest absolute Gasteiger partial charge is 0.464 e. The van der Waals surface area contributed by atoms with Gasteiger partial charge in [-0.15, -0.1) is 0 Å². The minimum Gasteiger partial charge on any atom is -0.464 e. The van der Waals surface area contributed by atoms with Crippen LogP contribution in [0.4, 0.5) is 8.78 Å². The summed E-state index contributed by atoms with van der Waals surface area (Å²) >= 11 is 1.40. The Labute approximate surface area is 213 Å². The maximum atomic E-state index is 13.1. The van der Waals surface area contributed by atoms with Gasteiger partial charge in [-0.2, -0.15) is 0 Å². The zero-order chi connectivity index (χ0) is 25.1. The van der Waals surface area contributed by atoms with Gasteiger partial charge < -0.3 is 14.5 Å². The summed E-state index contributed by atoms with van der Waals surface area (Å²) in [6, 6.07) is 6.07. The van der Waals surface area contributed by atoms with E-state index in [1.54, 1.807) is 6.20 Å². The number of rotatable bonds is 9.